The fourth-order valence-electron chi connectivity index (χ4n) is 2.15. The number of hydrogen-bond donors (Lipinski definition) is 0. The SMILES string of the molecule is C1=CC[C](C2=CCCCC2)CC1. The molecule has 0 spiro atoms. The average molecular weight is 161 g/mol. The molecule has 0 heteroatoms. The van der Waals surface area contributed by atoms with E-state index in [1.54, 1.807) is 11.5 Å². The first-order chi connectivity index (χ1) is 5.97. The highest BCUT2D eigenvalue weighted by molar-refractivity contribution is 5.29. The van der Waals surface area contributed by atoms with Gasteiger partial charge in [-0.25, -0.2) is 0 Å². The lowest BCUT2D eigenvalue weighted by Gasteiger charge is -2.23. The van der Waals surface area contributed by atoms with Crippen LogP contribution in [0.4, 0.5) is 0 Å². The number of allylic oxidation sites excluding steroid dienone is 4. The van der Waals surface area contributed by atoms with Gasteiger partial charge in [-0.1, -0.05) is 23.8 Å². The highest BCUT2D eigenvalue weighted by Crippen LogP contribution is 2.33. The zero-order valence-corrected chi connectivity index (χ0v) is 7.68. The van der Waals surface area contributed by atoms with Crippen LogP contribution in [0, 0.1) is 5.92 Å². The van der Waals surface area contributed by atoms with Crippen LogP contribution >= 0.6 is 0 Å². The molecule has 0 unspecified atom stereocenters. The van der Waals surface area contributed by atoms with Gasteiger partial charge in [0.1, 0.15) is 0 Å². The average Bonchev–Trinajstić information content (AvgIpc) is 2.21. The van der Waals surface area contributed by atoms with Crippen LogP contribution in [0.5, 0.6) is 0 Å². The van der Waals surface area contributed by atoms with Crippen LogP contribution in [0.3, 0.4) is 0 Å². The summed E-state index contributed by atoms with van der Waals surface area (Å²) >= 11 is 0. The van der Waals surface area contributed by atoms with Gasteiger partial charge < -0.3 is 0 Å². The predicted octanol–water partition coefficient (Wildman–Crippen LogP) is 3.80. The molecular formula is C12H17. The molecule has 0 saturated heterocycles. The molecule has 0 bridgehead atoms. The maximum Gasteiger partial charge on any atom is 0.00459 e. The van der Waals surface area contributed by atoms with Crippen molar-refractivity contribution in [3.05, 3.63) is 29.7 Å². The third kappa shape index (κ3) is 1.80. The van der Waals surface area contributed by atoms with E-state index in [1.807, 2.05) is 0 Å². The van der Waals surface area contributed by atoms with E-state index < -0.39 is 0 Å². The fourth-order valence-corrected chi connectivity index (χ4v) is 2.15. The Morgan fingerprint density at radius 1 is 0.917 bits per heavy atom. The van der Waals surface area contributed by atoms with Gasteiger partial charge in [-0.15, -0.1) is 0 Å². The second-order valence-electron chi connectivity index (χ2n) is 3.79. The molecule has 0 fully saturated rings. The lowest BCUT2D eigenvalue weighted by molar-refractivity contribution is 0.660. The normalized spacial score (nSPS) is 25.5. The Labute approximate surface area is 75.4 Å². The van der Waals surface area contributed by atoms with Crippen molar-refractivity contribution in [1.82, 2.24) is 0 Å². The quantitative estimate of drug-likeness (QED) is 0.513. The smallest absolute Gasteiger partial charge is 0.00459 e. The van der Waals surface area contributed by atoms with Crippen LogP contribution in [0.1, 0.15) is 44.9 Å². The molecule has 65 valence electrons. The first-order valence-electron chi connectivity index (χ1n) is 5.16. The van der Waals surface area contributed by atoms with Gasteiger partial charge in [-0.05, 0) is 44.9 Å². The molecule has 0 saturated carbocycles. The van der Waals surface area contributed by atoms with Crippen LogP contribution in [0.15, 0.2) is 23.8 Å². The Bertz CT molecular complexity index is 198. The lowest BCUT2D eigenvalue weighted by Crippen LogP contribution is -2.06. The van der Waals surface area contributed by atoms with Crippen molar-refractivity contribution in [2.24, 2.45) is 0 Å². The standard InChI is InChI=1S/C12H17/c1-3-7-11(8-4-1)12-9-5-2-6-10-12/h1,3,9H,2,4-8,10H2. The molecule has 2 aliphatic rings. The molecule has 0 nitrogen and oxygen atoms in total. The highest BCUT2D eigenvalue weighted by atomic mass is 14.2. The van der Waals surface area contributed by atoms with Gasteiger partial charge in [0.2, 0.25) is 0 Å². The Hall–Kier alpha value is -0.520. The van der Waals surface area contributed by atoms with E-state index in [1.165, 1.54) is 44.9 Å². The van der Waals surface area contributed by atoms with E-state index in [0.717, 1.165) is 0 Å². The van der Waals surface area contributed by atoms with E-state index in [2.05, 4.69) is 18.2 Å². The summed E-state index contributed by atoms with van der Waals surface area (Å²) in [5.74, 6) is 1.72. The van der Waals surface area contributed by atoms with E-state index >= 15 is 0 Å². The maximum absolute atomic E-state index is 2.47. The Morgan fingerprint density at radius 2 is 1.92 bits per heavy atom. The topological polar surface area (TPSA) is 0 Å². The number of hydrogen-bond acceptors (Lipinski definition) is 0. The van der Waals surface area contributed by atoms with Crippen LogP contribution in [-0.2, 0) is 0 Å². The third-order valence-electron chi connectivity index (χ3n) is 2.89. The predicted molar refractivity (Wildman–Crippen MR) is 52.8 cm³/mol. The van der Waals surface area contributed by atoms with Gasteiger partial charge in [-0.3, -0.25) is 0 Å². The minimum Gasteiger partial charge on any atom is -0.0885 e. The highest BCUT2D eigenvalue weighted by Gasteiger charge is 2.16. The van der Waals surface area contributed by atoms with E-state index in [-0.39, 0.29) is 0 Å². The molecule has 0 aromatic heterocycles. The maximum atomic E-state index is 2.47. The second-order valence-corrected chi connectivity index (χ2v) is 3.79. The zero-order valence-electron chi connectivity index (χ0n) is 7.68. The van der Waals surface area contributed by atoms with Gasteiger partial charge in [0.25, 0.3) is 0 Å². The lowest BCUT2D eigenvalue weighted by atomic mass is 9.82. The molecule has 0 atom stereocenters. The fraction of sp³-hybridized carbons (Fsp3) is 0.583. The van der Waals surface area contributed by atoms with E-state index in [0.29, 0.717) is 0 Å². The summed E-state index contributed by atoms with van der Waals surface area (Å²) in [6.07, 6.45) is 16.4. The molecule has 1 radical (unpaired) electrons. The molecule has 0 aromatic rings. The second kappa shape index (κ2) is 3.93. The van der Waals surface area contributed by atoms with Gasteiger partial charge in [0.05, 0.1) is 0 Å². The van der Waals surface area contributed by atoms with Gasteiger partial charge in [-0.2, -0.15) is 0 Å². The van der Waals surface area contributed by atoms with Gasteiger partial charge in [0.15, 0.2) is 0 Å². The summed E-state index contributed by atoms with van der Waals surface area (Å²) in [6, 6.07) is 0. The molecule has 0 heterocycles. The molecule has 0 amide bonds. The summed E-state index contributed by atoms with van der Waals surface area (Å²) in [5, 5.41) is 0. The minimum absolute atomic E-state index is 1.23. The molecule has 0 aliphatic heterocycles. The molecule has 0 N–H and O–H groups in total. The zero-order chi connectivity index (χ0) is 8.23. The van der Waals surface area contributed by atoms with Crippen LogP contribution < -0.4 is 0 Å². The van der Waals surface area contributed by atoms with Crippen molar-refractivity contribution in [2.45, 2.75) is 44.9 Å². The summed E-state index contributed by atoms with van der Waals surface area (Å²) < 4.78 is 0. The minimum atomic E-state index is 1.23. The summed E-state index contributed by atoms with van der Waals surface area (Å²) in [5.41, 5.74) is 1.69. The van der Waals surface area contributed by atoms with E-state index in [4.69, 9.17) is 0 Å². The Balaban J connectivity index is 1.98. The van der Waals surface area contributed by atoms with Crippen molar-refractivity contribution >= 4 is 0 Å². The summed E-state index contributed by atoms with van der Waals surface area (Å²) in [4.78, 5) is 0. The largest absolute Gasteiger partial charge is 0.0885 e. The van der Waals surface area contributed by atoms with Crippen molar-refractivity contribution in [2.75, 3.05) is 0 Å². The molecule has 12 heavy (non-hydrogen) atoms. The molecule has 2 rings (SSSR count). The van der Waals surface area contributed by atoms with Crippen LogP contribution in [0.25, 0.3) is 0 Å². The molecule has 0 aromatic carbocycles. The molecular weight excluding hydrogens is 144 g/mol. The van der Waals surface area contributed by atoms with Crippen molar-refractivity contribution in [3.8, 4) is 0 Å². The number of rotatable bonds is 1. The Kier molecular flexibility index (Phi) is 2.65. The van der Waals surface area contributed by atoms with Crippen LogP contribution in [-0.4, -0.2) is 0 Å². The van der Waals surface area contributed by atoms with Crippen molar-refractivity contribution < 1.29 is 0 Å². The first kappa shape index (κ1) is 8.10. The summed E-state index contributed by atoms with van der Waals surface area (Å²) in [7, 11) is 0. The monoisotopic (exact) mass is 161 g/mol. The third-order valence-corrected chi connectivity index (χ3v) is 2.89. The van der Waals surface area contributed by atoms with Crippen molar-refractivity contribution in [3.63, 3.8) is 0 Å². The van der Waals surface area contributed by atoms with E-state index in [9.17, 15) is 0 Å². The first-order valence-corrected chi connectivity index (χ1v) is 5.16. The molecule has 2 aliphatic carbocycles. The van der Waals surface area contributed by atoms with Crippen LogP contribution in [0.2, 0.25) is 0 Å². The summed E-state index contributed by atoms with van der Waals surface area (Å²) in [6.45, 7) is 0. The van der Waals surface area contributed by atoms with Crippen molar-refractivity contribution in [1.29, 1.82) is 0 Å². The van der Waals surface area contributed by atoms with Gasteiger partial charge >= 0.3 is 0 Å². The van der Waals surface area contributed by atoms with Gasteiger partial charge in [0, 0.05) is 5.92 Å². The Morgan fingerprint density at radius 3 is 2.58 bits per heavy atom.